The van der Waals surface area contributed by atoms with Crippen LogP contribution >= 0.6 is 15.9 Å². The Balaban J connectivity index is 2.33. The maximum absolute atomic E-state index is 12.3. The van der Waals surface area contributed by atoms with Crippen LogP contribution in [0.15, 0.2) is 59.4 Å². The Morgan fingerprint density at radius 2 is 2.22 bits per heavy atom. The number of benzene rings is 1. The van der Waals surface area contributed by atoms with E-state index in [4.69, 9.17) is 0 Å². The summed E-state index contributed by atoms with van der Waals surface area (Å²) in [6.45, 7) is 0. The van der Waals surface area contributed by atoms with Crippen molar-refractivity contribution >= 4 is 15.9 Å². The number of nitrogens with zero attached hydrogens (tertiary/aromatic N) is 2. The lowest BCUT2D eigenvalue weighted by atomic mass is 10.0. The van der Waals surface area contributed by atoms with E-state index >= 15 is 0 Å². The van der Waals surface area contributed by atoms with E-state index in [0.29, 0.717) is 0 Å². The molecule has 2 nitrogen and oxygen atoms in total. The molecule has 5 heteroatoms. The zero-order valence-corrected chi connectivity index (χ0v) is 11.0. The second-order valence-electron chi connectivity index (χ2n) is 3.79. The van der Waals surface area contributed by atoms with Gasteiger partial charge in [-0.3, -0.25) is 4.68 Å². The molecule has 94 valence electrons. The van der Waals surface area contributed by atoms with E-state index in [1.54, 1.807) is 23.1 Å². The molecular weight excluding hydrogens is 302 g/mol. The zero-order chi connectivity index (χ0) is 13.0. The molecule has 18 heavy (non-hydrogen) atoms. The van der Waals surface area contributed by atoms with E-state index in [-0.39, 0.29) is 12.5 Å². The Labute approximate surface area is 112 Å². The molecule has 0 radical (unpaired) electrons. The molecule has 0 saturated heterocycles. The summed E-state index contributed by atoms with van der Waals surface area (Å²) < 4.78 is 27.1. The van der Waals surface area contributed by atoms with Gasteiger partial charge >= 0.3 is 0 Å². The number of hydrogen-bond donors (Lipinski definition) is 0. The monoisotopic (exact) mass is 312 g/mol. The summed E-state index contributed by atoms with van der Waals surface area (Å²) in [7, 11) is 0. The quantitative estimate of drug-likeness (QED) is 0.818. The molecule has 0 aliphatic heterocycles. The minimum absolute atomic E-state index is 0.209. The first-order chi connectivity index (χ1) is 8.66. The van der Waals surface area contributed by atoms with Crippen LogP contribution in [0.4, 0.5) is 8.78 Å². The highest BCUT2D eigenvalue weighted by Gasteiger charge is 2.13. The van der Waals surface area contributed by atoms with Gasteiger partial charge in [0.15, 0.2) is 0 Å². The van der Waals surface area contributed by atoms with Crippen LogP contribution < -0.4 is 0 Å². The zero-order valence-electron chi connectivity index (χ0n) is 9.43. The lowest BCUT2D eigenvalue weighted by molar-refractivity contribution is 0.411. The largest absolute Gasteiger partial charge is 0.266 e. The van der Waals surface area contributed by atoms with Crippen molar-refractivity contribution in [2.24, 2.45) is 0 Å². The second-order valence-corrected chi connectivity index (χ2v) is 4.70. The highest BCUT2D eigenvalue weighted by atomic mass is 79.9. The summed E-state index contributed by atoms with van der Waals surface area (Å²) in [5.74, 6) is 0. The van der Waals surface area contributed by atoms with Crippen molar-refractivity contribution in [2.75, 3.05) is 0 Å². The fourth-order valence-corrected chi connectivity index (χ4v) is 2.19. The van der Waals surface area contributed by atoms with E-state index in [1.165, 1.54) is 0 Å². The highest BCUT2D eigenvalue weighted by molar-refractivity contribution is 9.10. The summed E-state index contributed by atoms with van der Waals surface area (Å²) >= 11 is 3.38. The van der Waals surface area contributed by atoms with Gasteiger partial charge in [0.2, 0.25) is 0 Å². The van der Waals surface area contributed by atoms with Gasteiger partial charge < -0.3 is 0 Å². The molecule has 2 aromatic rings. The Morgan fingerprint density at radius 1 is 1.39 bits per heavy atom. The van der Waals surface area contributed by atoms with Crippen LogP contribution in [0.5, 0.6) is 0 Å². The molecular formula is C13H11BrF2N2. The van der Waals surface area contributed by atoms with Crippen molar-refractivity contribution in [3.8, 4) is 0 Å². The molecule has 0 bridgehead atoms. The summed E-state index contributed by atoms with van der Waals surface area (Å²) in [6, 6.07) is 9.15. The molecule has 0 N–H and O–H groups in total. The topological polar surface area (TPSA) is 17.8 Å². The van der Waals surface area contributed by atoms with Gasteiger partial charge in [0.05, 0.1) is 6.04 Å². The normalized spacial score (nSPS) is 12.2. The molecule has 0 aliphatic carbocycles. The van der Waals surface area contributed by atoms with Crippen LogP contribution in [-0.4, -0.2) is 9.78 Å². The van der Waals surface area contributed by atoms with E-state index in [2.05, 4.69) is 21.0 Å². The van der Waals surface area contributed by atoms with Gasteiger partial charge in [-0.2, -0.15) is 13.9 Å². The average molecular weight is 313 g/mol. The summed E-state index contributed by atoms with van der Waals surface area (Å²) in [4.78, 5) is 0. The number of allylic oxidation sites excluding steroid dienone is 1. The third-order valence-electron chi connectivity index (χ3n) is 2.57. The van der Waals surface area contributed by atoms with E-state index in [9.17, 15) is 8.78 Å². The van der Waals surface area contributed by atoms with E-state index in [1.807, 2.05) is 24.3 Å². The van der Waals surface area contributed by atoms with Gasteiger partial charge in [-0.1, -0.05) is 28.1 Å². The number of aromatic nitrogens is 2. The molecule has 1 atom stereocenters. The predicted molar refractivity (Wildman–Crippen MR) is 69.4 cm³/mol. The van der Waals surface area contributed by atoms with Gasteiger partial charge in [-0.25, -0.2) is 0 Å². The van der Waals surface area contributed by atoms with Crippen LogP contribution in [0, 0.1) is 0 Å². The molecule has 0 fully saturated rings. The van der Waals surface area contributed by atoms with Crippen molar-refractivity contribution in [3.05, 3.63) is 64.9 Å². The van der Waals surface area contributed by atoms with Gasteiger partial charge in [0, 0.05) is 16.9 Å². The van der Waals surface area contributed by atoms with Crippen LogP contribution in [-0.2, 0) is 0 Å². The lowest BCUT2D eigenvalue weighted by Gasteiger charge is -2.16. The Morgan fingerprint density at radius 3 is 2.83 bits per heavy atom. The first-order valence-electron chi connectivity index (χ1n) is 5.42. The van der Waals surface area contributed by atoms with Crippen LogP contribution in [0.3, 0.4) is 0 Å². The molecule has 1 heterocycles. The molecule has 0 aliphatic rings. The number of halogens is 3. The minimum atomic E-state index is -1.66. The van der Waals surface area contributed by atoms with E-state index < -0.39 is 6.08 Å². The van der Waals surface area contributed by atoms with Crippen LogP contribution in [0.1, 0.15) is 18.0 Å². The lowest BCUT2D eigenvalue weighted by Crippen LogP contribution is -2.10. The Bertz CT molecular complexity index is 534. The maximum atomic E-state index is 12.3. The first-order valence-corrected chi connectivity index (χ1v) is 6.22. The molecule has 0 amide bonds. The SMILES string of the molecule is FC(F)=CCC(c1cccc(Br)c1)n1cccn1. The van der Waals surface area contributed by atoms with Crippen LogP contribution in [0.25, 0.3) is 0 Å². The summed E-state index contributed by atoms with van der Waals surface area (Å²) in [5.41, 5.74) is 0.936. The molecule has 2 rings (SSSR count). The fourth-order valence-electron chi connectivity index (χ4n) is 1.78. The molecule has 0 saturated carbocycles. The predicted octanol–water partition coefficient (Wildman–Crippen LogP) is 4.41. The maximum Gasteiger partial charge on any atom is 0.266 e. The fraction of sp³-hybridized carbons (Fsp3) is 0.154. The van der Waals surface area contributed by atoms with Gasteiger partial charge in [0.25, 0.3) is 6.08 Å². The third kappa shape index (κ3) is 3.26. The third-order valence-corrected chi connectivity index (χ3v) is 3.07. The highest BCUT2D eigenvalue weighted by Crippen LogP contribution is 2.25. The summed E-state index contributed by atoms with van der Waals surface area (Å²) in [5, 5.41) is 4.13. The minimum Gasteiger partial charge on any atom is -0.265 e. The Hall–Kier alpha value is -1.49. The standard InChI is InChI=1S/C13H11BrF2N2/c14-11-4-1-3-10(9-11)12(5-6-13(15)16)18-8-2-7-17-18/h1-4,6-9,12H,5H2. The number of rotatable bonds is 4. The van der Waals surface area contributed by atoms with Crippen molar-refractivity contribution in [3.63, 3.8) is 0 Å². The van der Waals surface area contributed by atoms with Gasteiger partial charge in [-0.05, 0) is 36.3 Å². The molecule has 1 unspecified atom stereocenters. The van der Waals surface area contributed by atoms with Crippen LogP contribution in [0.2, 0.25) is 0 Å². The van der Waals surface area contributed by atoms with Crippen molar-refractivity contribution in [2.45, 2.75) is 12.5 Å². The van der Waals surface area contributed by atoms with Crippen molar-refractivity contribution < 1.29 is 8.78 Å². The Kier molecular flexibility index (Phi) is 4.25. The van der Waals surface area contributed by atoms with E-state index in [0.717, 1.165) is 16.1 Å². The second kappa shape index (κ2) is 5.91. The molecule has 1 aromatic heterocycles. The van der Waals surface area contributed by atoms with Gasteiger partial charge in [-0.15, -0.1) is 0 Å². The van der Waals surface area contributed by atoms with Crippen molar-refractivity contribution in [1.82, 2.24) is 9.78 Å². The first kappa shape index (κ1) is 13.0. The molecule has 0 spiro atoms. The summed E-state index contributed by atoms with van der Waals surface area (Å²) in [6.07, 6.45) is 2.88. The molecule has 1 aromatic carbocycles. The van der Waals surface area contributed by atoms with Crippen molar-refractivity contribution in [1.29, 1.82) is 0 Å². The smallest absolute Gasteiger partial charge is 0.265 e. The average Bonchev–Trinajstić information content (AvgIpc) is 2.83. The number of hydrogen-bond acceptors (Lipinski definition) is 1. The van der Waals surface area contributed by atoms with Gasteiger partial charge in [0.1, 0.15) is 0 Å².